The molecule has 18 heteroatoms. The smallest absolute Gasteiger partial charge is 0.338 e. The number of ether oxygens (including phenoxy) is 9. The summed E-state index contributed by atoms with van der Waals surface area (Å²) in [4.78, 5) is 50.9. The number of hydrogen-bond donors (Lipinski definition) is 3. The van der Waals surface area contributed by atoms with Gasteiger partial charge in [0.25, 0.3) is 0 Å². The molecule has 2 aromatic carbocycles. The minimum Gasteiger partial charge on any atom is -0.459 e. The van der Waals surface area contributed by atoms with Crippen LogP contribution in [0.3, 0.4) is 0 Å². The van der Waals surface area contributed by atoms with Gasteiger partial charge in [-0.3, -0.25) is 4.79 Å². The van der Waals surface area contributed by atoms with Gasteiger partial charge in [0, 0.05) is 44.1 Å². The number of aliphatic hydroxyl groups excluding tert-OH is 1. The Morgan fingerprint density at radius 1 is 0.795 bits per heavy atom. The summed E-state index contributed by atoms with van der Waals surface area (Å²) in [5.41, 5.74) is -4.08. The molecule has 18 atom stereocenters. The Morgan fingerprint density at radius 2 is 1.38 bits per heavy atom. The number of likely N-dealkylation sites (N-methyl/N-ethyl adjacent to an activating group) is 1. The van der Waals surface area contributed by atoms with E-state index in [0.29, 0.717) is 36.1 Å². The topological polar surface area (TPSA) is 220 Å². The molecular formula is C60H92N2O16. The van der Waals surface area contributed by atoms with E-state index < -0.39 is 132 Å². The van der Waals surface area contributed by atoms with Crippen molar-refractivity contribution in [2.24, 2.45) is 28.8 Å². The molecular weight excluding hydrogens is 1000 g/mol. The van der Waals surface area contributed by atoms with Crippen LogP contribution in [0.15, 0.2) is 65.8 Å². The highest BCUT2D eigenvalue weighted by Gasteiger charge is 2.55. The Kier molecular flexibility index (Phi) is 21.6. The minimum absolute atomic E-state index is 0.0218. The molecule has 2 aromatic rings. The van der Waals surface area contributed by atoms with Crippen molar-refractivity contribution >= 4 is 23.6 Å². The summed E-state index contributed by atoms with van der Waals surface area (Å²) in [7, 11) is 5.29. The second kappa shape index (κ2) is 26.7. The normalized spacial score (nSPS) is 38.7. The highest BCUT2D eigenvalue weighted by Crippen LogP contribution is 2.43. The van der Waals surface area contributed by atoms with Crippen molar-refractivity contribution in [2.45, 2.75) is 237 Å². The second-order valence-corrected chi connectivity index (χ2v) is 23.8. The Hall–Kier alpha value is -4.08. The lowest BCUT2D eigenvalue weighted by Gasteiger charge is -2.50. The Labute approximate surface area is 463 Å². The van der Waals surface area contributed by atoms with Crippen LogP contribution in [-0.2, 0) is 52.3 Å². The number of cyclic esters (lactones) is 1. The van der Waals surface area contributed by atoms with Gasteiger partial charge in [-0.15, -0.1) is 0 Å². The van der Waals surface area contributed by atoms with Crippen LogP contribution in [0.5, 0.6) is 0 Å². The van der Waals surface area contributed by atoms with Crippen LogP contribution in [0, 0.1) is 23.7 Å². The largest absolute Gasteiger partial charge is 0.459 e. The lowest BCUT2D eigenvalue weighted by atomic mass is 9.73. The standard InChI is InChI=1S/C60H92N2O16/c1-16-45-59(12,68)50(63)38(6)47(61-78-60(77-35(2)3)30-24-19-25-31-60)36(4)33-57(10,67)51(76-56-49(44(62(13)14)32-37(5)70-56)74-54(65)42-26-20-17-21-27-42)39(7)48(40(8)53(64)72-45)73-46-34-58(11,69-15)52(41(9)71-46)75-55(66)43-28-22-18-23-29-43/h17-18,20-23,26-29,35-41,44-46,48-52,56,63,67-68H,16,19,24-25,30-34H2,1-15H3/b61-47+/t36-,37-,38+,39+,40-,41+,44+,45-,46+,48+,49-,50-,51-,52+,56+,57-,58-,59-/m1/s1. The molecule has 3 saturated heterocycles. The van der Waals surface area contributed by atoms with Gasteiger partial charge in [0.15, 0.2) is 24.8 Å². The third-order valence-corrected chi connectivity index (χ3v) is 16.7. The molecule has 1 aliphatic carbocycles. The van der Waals surface area contributed by atoms with E-state index in [4.69, 9.17) is 52.6 Å². The van der Waals surface area contributed by atoms with Crippen molar-refractivity contribution < 1.29 is 77.2 Å². The molecule has 3 heterocycles. The molecule has 0 spiro atoms. The van der Waals surface area contributed by atoms with E-state index in [9.17, 15) is 29.7 Å². The fourth-order valence-electron chi connectivity index (χ4n) is 12.3. The van der Waals surface area contributed by atoms with E-state index in [0.717, 1.165) is 19.3 Å². The molecule has 78 heavy (non-hydrogen) atoms. The zero-order chi connectivity index (χ0) is 57.5. The zero-order valence-electron chi connectivity index (χ0n) is 48.9. The molecule has 1 saturated carbocycles. The number of esters is 3. The molecule has 0 radical (unpaired) electrons. The predicted molar refractivity (Wildman–Crippen MR) is 291 cm³/mol. The fourth-order valence-corrected chi connectivity index (χ4v) is 12.3. The van der Waals surface area contributed by atoms with Gasteiger partial charge >= 0.3 is 17.9 Å². The number of rotatable bonds is 15. The molecule has 4 aliphatic rings. The van der Waals surface area contributed by atoms with E-state index in [1.165, 1.54) is 14.0 Å². The summed E-state index contributed by atoms with van der Waals surface area (Å²) in [6, 6.07) is 16.8. The van der Waals surface area contributed by atoms with Crippen molar-refractivity contribution in [3.8, 4) is 0 Å². The van der Waals surface area contributed by atoms with E-state index in [1.807, 2.05) is 46.7 Å². The average Bonchev–Trinajstić information content (AvgIpc) is 3.42. The van der Waals surface area contributed by atoms with Crippen LogP contribution in [0.25, 0.3) is 0 Å². The summed E-state index contributed by atoms with van der Waals surface area (Å²) < 4.78 is 58.8. The van der Waals surface area contributed by atoms with Crippen LogP contribution in [0.2, 0.25) is 0 Å². The van der Waals surface area contributed by atoms with Crippen LogP contribution in [-0.4, -0.2) is 161 Å². The van der Waals surface area contributed by atoms with Crippen molar-refractivity contribution in [3.63, 3.8) is 0 Å². The summed E-state index contributed by atoms with van der Waals surface area (Å²) in [5, 5.41) is 43.2. The summed E-state index contributed by atoms with van der Waals surface area (Å²) in [5.74, 6) is -6.71. The molecule has 0 unspecified atom stereocenters. The predicted octanol–water partition coefficient (Wildman–Crippen LogP) is 8.40. The number of hydrogen-bond acceptors (Lipinski definition) is 18. The van der Waals surface area contributed by atoms with Gasteiger partial charge in [-0.25, -0.2) is 9.59 Å². The lowest BCUT2D eigenvalue weighted by Crippen LogP contribution is -2.62. The number of aliphatic hydroxyl groups is 3. The molecule has 0 amide bonds. The number of carbonyl (C=O) groups is 3. The van der Waals surface area contributed by atoms with Gasteiger partial charge < -0.3 is 67.7 Å². The molecule has 18 nitrogen and oxygen atoms in total. The van der Waals surface area contributed by atoms with Gasteiger partial charge in [-0.2, -0.15) is 0 Å². The molecule has 3 aliphatic heterocycles. The first-order chi connectivity index (χ1) is 36.7. The maximum absolute atomic E-state index is 15.0. The Morgan fingerprint density at radius 3 is 1.94 bits per heavy atom. The van der Waals surface area contributed by atoms with Crippen molar-refractivity contribution in [1.82, 2.24) is 4.90 Å². The molecule has 0 bridgehead atoms. The van der Waals surface area contributed by atoms with E-state index in [2.05, 4.69) is 0 Å². The van der Waals surface area contributed by atoms with Crippen molar-refractivity contribution in [3.05, 3.63) is 71.8 Å². The minimum atomic E-state index is -2.03. The summed E-state index contributed by atoms with van der Waals surface area (Å²) in [6.07, 6.45) is -6.57. The SMILES string of the molecule is CC[C@H]1OC(=O)[C@H](C)[C@@H](O[C@H]2C[C@@](C)(OC)[C@@H](OC(=O)c3ccccc3)[C@H](C)O2)[C@H](C)[C@@H](O[C@@H]2O[C@H](C)C[C@H](N(C)C)[C@H]2OC(=O)c2ccccc2)[C@](C)(O)C[C@@H](C)/C(=N\OC2(OC(C)C)CCCCC2)[C@H](C)[C@@H](O)[C@]1(C)O. The monoisotopic (exact) mass is 1100 g/mol. The molecule has 438 valence electrons. The lowest BCUT2D eigenvalue weighted by molar-refractivity contribution is -0.317. The van der Waals surface area contributed by atoms with Gasteiger partial charge in [-0.05, 0) is 126 Å². The highest BCUT2D eigenvalue weighted by atomic mass is 16.8. The maximum Gasteiger partial charge on any atom is 0.338 e. The molecule has 0 aromatic heterocycles. The van der Waals surface area contributed by atoms with Gasteiger partial charge in [0.05, 0.1) is 71.0 Å². The molecule has 4 fully saturated rings. The van der Waals surface area contributed by atoms with Crippen molar-refractivity contribution in [2.75, 3.05) is 21.2 Å². The number of benzene rings is 2. The first-order valence-corrected chi connectivity index (χ1v) is 28.3. The van der Waals surface area contributed by atoms with E-state index in [-0.39, 0.29) is 25.4 Å². The number of methoxy groups -OCH3 is 1. The van der Waals surface area contributed by atoms with Crippen LogP contribution >= 0.6 is 0 Å². The van der Waals surface area contributed by atoms with Crippen LogP contribution in [0.4, 0.5) is 0 Å². The first kappa shape index (κ1) is 63.1. The van der Waals surface area contributed by atoms with Crippen LogP contribution < -0.4 is 0 Å². The number of oxime groups is 1. The maximum atomic E-state index is 15.0. The average molecular weight is 1100 g/mol. The quantitative estimate of drug-likeness (QED) is 0.0660. The molecule has 3 N–H and O–H groups in total. The third kappa shape index (κ3) is 14.9. The second-order valence-electron chi connectivity index (χ2n) is 23.8. The van der Waals surface area contributed by atoms with Crippen LogP contribution in [0.1, 0.15) is 162 Å². The Balaban J connectivity index is 1.48. The number of nitrogens with zero attached hydrogens (tertiary/aromatic N) is 2. The van der Waals surface area contributed by atoms with Gasteiger partial charge in [0.1, 0.15) is 17.3 Å². The fraction of sp³-hybridized carbons (Fsp3) is 0.733. The van der Waals surface area contributed by atoms with Gasteiger partial charge in [-0.1, -0.05) is 75.7 Å². The molecule has 6 rings (SSSR count). The number of carbonyl (C=O) groups excluding carboxylic acids is 3. The highest BCUT2D eigenvalue weighted by molar-refractivity contribution is 5.90. The summed E-state index contributed by atoms with van der Waals surface area (Å²) in [6.45, 7) is 21.1. The first-order valence-electron chi connectivity index (χ1n) is 28.3. The summed E-state index contributed by atoms with van der Waals surface area (Å²) >= 11 is 0. The zero-order valence-corrected chi connectivity index (χ0v) is 48.9. The third-order valence-electron chi connectivity index (χ3n) is 16.7. The van der Waals surface area contributed by atoms with E-state index >= 15 is 0 Å². The van der Waals surface area contributed by atoms with E-state index in [1.54, 1.807) is 109 Å². The van der Waals surface area contributed by atoms with Gasteiger partial charge in [0.2, 0.25) is 5.79 Å². The van der Waals surface area contributed by atoms with Crippen molar-refractivity contribution in [1.29, 1.82) is 0 Å². The Bertz CT molecular complexity index is 2270.